The predicted molar refractivity (Wildman–Crippen MR) is 88.7 cm³/mol. The minimum absolute atomic E-state index is 0.0187. The van der Waals surface area contributed by atoms with E-state index in [1.807, 2.05) is 24.1 Å². The van der Waals surface area contributed by atoms with Crippen LogP contribution >= 0.6 is 0 Å². The topological polar surface area (TPSA) is 71.0 Å². The molecule has 6 nitrogen and oxygen atoms in total. The number of hydrogen-bond donors (Lipinski definition) is 1. The number of halogens is 1. The normalized spacial score (nSPS) is 10.2. The van der Waals surface area contributed by atoms with Gasteiger partial charge in [-0.1, -0.05) is 12.1 Å². The van der Waals surface area contributed by atoms with Gasteiger partial charge in [0.1, 0.15) is 12.0 Å². The molecule has 3 aromatic rings. The molecule has 2 aromatic heterocycles. The van der Waals surface area contributed by atoms with Crippen molar-refractivity contribution in [2.75, 3.05) is 17.3 Å². The Labute approximate surface area is 138 Å². The first-order valence-corrected chi connectivity index (χ1v) is 7.16. The van der Waals surface area contributed by atoms with Crippen molar-refractivity contribution >= 4 is 23.0 Å². The largest absolute Gasteiger partial charge is 0.342 e. The van der Waals surface area contributed by atoms with Crippen LogP contribution in [0.1, 0.15) is 10.5 Å². The summed E-state index contributed by atoms with van der Waals surface area (Å²) in [6.07, 6.45) is 4.84. The van der Waals surface area contributed by atoms with Gasteiger partial charge in [0.2, 0.25) is 5.95 Å². The molecule has 0 saturated carbocycles. The summed E-state index contributed by atoms with van der Waals surface area (Å²) >= 11 is 0. The van der Waals surface area contributed by atoms with Gasteiger partial charge in [0.25, 0.3) is 5.91 Å². The molecule has 24 heavy (non-hydrogen) atoms. The SMILES string of the molecule is CN(c1cncnc1)c1cccc(NC(=O)c2cccc(F)n2)c1. The zero-order valence-corrected chi connectivity index (χ0v) is 12.8. The maximum absolute atomic E-state index is 13.1. The second kappa shape index (κ2) is 6.82. The minimum atomic E-state index is -0.694. The quantitative estimate of drug-likeness (QED) is 0.747. The zero-order chi connectivity index (χ0) is 16.9. The van der Waals surface area contributed by atoms with Gasteiger partial charge in [0, 0.05) is 18.4 Å². The molecule has 1 N–H and O–H groups in total. The van der Waals surface area contributed by atoms with Crippen molar-refractivity contribution in [3.63, 3.8) is 0 Å². The number of anilines is 3. The molecule has 0 saturated heterocycles. The fourth-order valence-corrected chi connectivity index (χ4v) is 2.14. The Kier molecular flexibility index (Phi) is 4.42. The van der Waals surface area contributed by atoms with E-state index in [1.54, 1.807) is 24.5 Å². The highest BCUT2D eigenvalue weighted by molar-refractivity contribution is 6.03. The molecule has 0 atom stereocenters. The van der Waals surface area contributed by atoms with Gasteiger partial charge in [0.05, 0.1) is 18.1 Å². The van der Waals surface area contributed by atoms with Crippen LogP contribution < -0.4 is 10.2 Å². The number of nitrogens with zero attached hydrogens (tertiary/aromatic N) is 4. The lowest BCUT2D eigenvalue weighted by atomic mass is 10.2. The first kappa shape index (κ1) is 15.5. The van der Waals surface area contributed by atoms with Gasteiger partial charge in [0.15, 0.2) is 0 Å². The second-order valence-electron chi connectivity index (χ2n) is 5.01. The van der Waals surface area contributed by atoms with Crippen LogP contribution in [-0.4, -0.2) is 27.9 Å². The standard InChI is InChI=1S/C17H14FN5O/c1-23(14-9-19-11-20-10-14)13-5-2-4-12(8-13)21-17(24)15-6-3-7-16(18)22-15/h2-11H,1H3,(H,21,24). The molecule has 0 fully saturated rings. The lowest BCUT2D eigenvalue weighted by Crippen LogP contribution is -2.15. The summed E-state index contributed by atoms with van der Waals surface area (Å²) in [5, 5.41) is 2.71. The number of nitrogens with one attached hydrogen (secondary N) is 1. The second-order valence-corrected chi connectivity index (χ2v) is 5.01. The molecule has 0 bridgehead atoms. The van der Waals surface area contributed by atoms with Gasteiger partial charge < -0.3 is 10.2 Å². The highest BCUT2D eigenvalue weighted by Gasteiger charge is 2.10. The van der Waals surface area contributed by atoms with Crippen molar-refractivity contribution in [2.45, 2.75) is 0 Å². The highest BCUT2D eigenvalue weighted by Crippen LogP contribution is 2.24. The summed E-state index contributed by atoms with van der Waals surface area (Å²) in [5.41, 5.74) is 2.25. The fraction of sp³-hybridized carbons (Fsp3) is 0.0588. The molecule has 0 aliphatic carbocycles. The van der Waals surface area contributed by atoms with Crippen LogP contribution in [-0.2, 0) is 0 Å². The lowest BCUT2D eigenvalue weighted by Gasteiger charge is -2.19. The third-order valence-corrected chi connectivity index (χ3v) is 3.37. The first-order valence-electron chi connectivity index (χ1n) is 7.16. The van der Waals surface area contributed by atoms with E-state index in [0.717, 1.165) is 11.4 Å². The molecule has 0 aliphatic rings. The summed E-state index contributed by atoms with van der Waals surface area (Å²) in [5.74, 6) is -1.17. The maximum Gasteiger partial charge on any atom is 0.274 e. The molecule has 0 radical (unpaired) electrons. The van der Waals surface area contributed by atoms with Crippen molar-refractivity contribution in [1.82, 2.24) is 15.0 Å². The zero-order valence-electron chi connectivity index (χ0n) is 12.8. The number of pyridine rings is 1. The molecular formula is C17H14FN5O. The van der Waals surface area contributed by atoms with Crippen LogP contribution in [0.25, 0.3) is 0 Å². The van der Waals surface area contributed by atoms with Gasteiger partial charge in [-0.2, -0.15) is 4.39 Å². The molecule has 2 heterocycles. The summed E-state index contributed by atoms with van der Waals surface area (Å²) in [6.45, 7) is 0. The third kappa shape index (κ3) is 3.52. The van der Waals surface area contributed by atoms with Crippen LogP contribution in [0, 0.1) is 5.95 Å². The number of benzene rings is 1. The van der Waals surface area contributed by atoms with E-state index in [-0.39, 0.29) is 5.69 Å². The van der Waals surface area contributed by atoms with Crippen LogP contribution in [0.2, 0.25) is 0 Å². The molecule has 1 aromatic carbocycles. The molecule has 7 heteroatoms. The van der Waals surface area contributed by atoms with Gasteiger partial charge in [-0.15, -0.1) is 0 Å². The number of rotatable bonds is 4. The van der Waals surface area contributed by atoms with Gasteiger partial charge in [-0.3, -0.25) is 4.79 Å². The van der Waals surface area contributed by atoms with E-state index in [9.17, 15) is 9.18 Å². The Morgan fingerprint density at radius 1 is 1.08 bits per heavy atom. The van der Waals surface area contributed by atoms with Crippen LogP contribution in [0.5, 0.6) is 0 Å². The van der Waals surface area contributed by atoms with Gasteiger partial charge >= 0.3 is 0 Å². The number of amides is 1. The Balaban J connectivity index is 1.79. The maximum atomic E-state index is 13.1. The van der Waals surface area contributed by atoms with Crippen LogP contribution in [0.3, 0.4) is 0 Å². The molecule has 1 amide bonds. The van der Waals surface area contributed by atoms with Crippen molar-refractivity contribution in [2.24, 2.45) is 0 Å². The monoisotopic (exact) mass is 323 g/mol. The van der Waals surface area contributed by atoms with Crippen LogP contribution in [0.15, 0.2) is 61.2 Å². The Bertz CT molecular complexity index is 856. The average molecular weight is 323 g/mol. The van der Waals surface area contributed by atoms with E-state index in [4.69, 9.17) is 0 Å². The van der Waals surface area contributed by atoms with Gasteiger partial charge in [-0.05, 0) is 30.3 Å². The highest BCUT2D eigenvalue weighted by atomic mass is 19.1. The summed E-state index contributed by atoms with van der Waals surface area (Å²) in [4.78, 5) is 25.6. The molecule has 3 rings (SSSR count). The number of hydrogen-bond acceptors (Lipinski definition) is 5. The van der Waals surface area contributed by atoms with Crippen molar-refractivity contribution in [3.05, 3.63) is 72.8 Å². The Morgan fingerprint density at radius 2 is 1.83 bits per heavy atom. The number of aromatic nitrogens is 3. The molecule has 0 unspecified atom stereocenters. The Hall–Kier alpha value is -3.35. The fourth-order valence-electron chi connectivity index (χ4n) is 2.14. The predicted octanol–water partition coefficient (Wildman–Crippen LogP) is 3.03. The van der Waals surface area contributed by atoms with E-state index in [1.165, 1.54) is 24.5 Å². The third-order valence-electron chi connectivity index (χ3n) is 3.37. The van der Waals surface area contributed by atoms with Crippen molar-refractivity contribution in [1.29, 1.82) is 0 Å². The summed E-state index contributed by atoms with van der Waals surface area (Å²) in [7, 11) is 1.87. The van der Waals surface area contributed by atoms with Crippen LogP contribution in [0.4, 0.5) is 21.5 Å². The molecule has 120 valence electrons. The van der Waals surface area contributed by atoms with E-state index >= 15 is 0 Å². The molecular weight excluding hydrogens is 309 g/mol. The van der Waals surface area contributed by atoms with E-state index in [0.29, 0.717) is 5.69 Å². The smallest absolute Gasteiger partial charge is 0.274 e. The van der Waals surface area contributed by atoms with E-state index in [2.05, 4.69) is 20.3 Å². The molecule has 0 aliphatic heterocycles. The number of carbonyl (C=O) groups is 1. The summed E-state index contributed by atoms with van der Waals surface area (Å²) < 4.78 is 13.1. The average Bonchev–Trinajstić information content (AvgIpc) is 2.62. The van der Waals surface area contributed by atoms with Crippen molar-refractivity contribution in [3.8, 4) is 0 Å². The Morgan fingerprint density at radius 3 is 2.58 bits per heavy atom. The van der Waals surface area contributed by atoms with E-state index < -0.39 is 11.9 Å². The first-order chi connectivity index (χ1) is 11.6. The lowest BCUT2D eigenvalue weighted by molar-refractivity contribution is 0.102. The number of carbonyl (C=O) groups excluding carboxylic acids is 1. The van der Waals surface area contributed by atoms with Gasteiger partial charge in [-0.25, -0.2) is 15.0 Å². The summed E-state index contributed by atoms with van der Waals surface area (Å²) in [6, 6.07) is 11.3. The minimum Gasteiger partial charge on any atom is -0.342 e. The van der Waals surface area contributed by atoms with Crippen molar-refractivity contribution < 1.29 is 9.18 Å². The molecule has 0 spiro atoms.